The first-order chi connectivity index (χ1) is 11.7. The summed E-state index contributed by atoms with van der Waals surface area (Å²) in [6, 6.07) is 16.1. The zero-order chi connectivity index (χ0) is 17.1. The van der Waals surface area contributed by atoms with Gasteiger partial charge in [-0.2, -0.15) is 0 Å². The molecule has 0 saturated heterocycles. The molecule has 3 rings (SSSR count). The van der Waals surface area contributed by atoms with Crippen LogP contribution in [0.5, 0.6) is 0 Å². The van der Waals surface area contributed by atoms with Crippen LogP contribution in [-0.4, -0.2) is 0 Å². The van der Waals surface area contributed by atoms with Gasteiger partial charge in [0.15, 0.2) is 0 Å². The van der Waals surface area contributed by atoms with E-state index in [1.807, 2.05) is 0 Å². The Hall–Kier alpha value is -0.357. The normalized spacial score (nSPS) is 16.2. The molecule has 0 nitrogen and oxygen atoms in total. The van der Waals surface area contributed by atoms with Gasteiger partial charge in [-0.25, -0.2) is 0 Å². The van der Waals surface area contributed by atoms with Crippen LogP contribution in [-0.2, 0) is 24.7 Å². The van der Waals surface area contributed by atoms with E-state index in [0.717, 1.165) is 0 Å². The molecule has 0 amide bonds. The molecule has 0 radical (unpaired) electrons. The first-order valence-corrected chi connectivity index (χ1v) is 10.7. The average Bonchev–Trinajstić information content (AvgIpc) is 2.95. The fourth-order valence-electron chi connectivity index (χ4n) is 3.54. The van der Waals surface area contributed by atoms with E-state index < -0.39 is 0 Å². The van der Waals surface area contributed by atoms with E-state index in [-0.39, 0.29) is 24.8 Å². The number of benzene rings is 2. The molecule has 0 heterocycles. The minimum atomic E-state index is 0. The van der Waals surface area contributed by atoms with Gasteiger partial charge in [0.1, 0.15) is 0 Å². The summed E-state index contributed by atoms with van der Waals surface area (Å²) < 4.78 is 0.665. The molecule has 2 unspecified atom stereocenters. The van der Waals surface area contributed by atoms with Crippen LogP contribution in [0.3, 0.4) is 0 Å². The van der Waals surface area contributed by atoms with Crippen molar-refractivity contribution >= 4 is 6.08 Å². The number of unbranched alkanes of at least 4 members (excludes halogenated alkanes) is 1. The van der Waals surface area contributed by atoms with Gasteiger partial charge in [0.2, 0.25) is 0 Å². The molecule has 0 N–H and O–H groups in total. The van der Waals surface area contributed by atoms with E-state index in [4.69, 9.17) is 0 Å². The molecule has 0 fully saturated rings. The summed E-state index contributed by atoms with van der Waals surface area (Å²) in [5.41, 5.74) is 8.88. The van der Waals surface area contributed by atoms with Crippen molar-refractivity contribution in [1.82, 2.24) is 0 Å². The van der Waals surface area contributed by atoms with Crippen LogP contribution in [0, 0.1) is 0 Å². The van der Waals surface area contributed by atoms with Crippen molar-refractivity contribution in [3.63, 3.8) is 0 Å². The second kappa shape index (κ2) is 10.8. The minimum absolute atomic E-state index is 0. The molecule has 0 bridgehead atoms. The molecule has 2 atom stereocenters. The van der Waals surface area contributed by atoms with Crippen molar-refractivity contribution in [1.29, 1.82) is 0 Å². The number of fused-ring (bicyclic) bond motifs is 1. The zero-order valence-corrected chi connectivity index (χ0v) is 19.8. The predicted molar refractivity (Wildman–Crippen MR) is 101 cm³/mol. The Kier molecular flexibility index (Phi) is 9.88. The molecule has 2 aromatic rings. The van der Waals surface area contributed by atoms with Gasteiger partial charge >= 0.3 is 163 Å². The van der Waals surface area contributed by atoms with Crippen molar-refractivity contribution in [2.45, 2.75) is 56.0 Å². The standard InChI is InChI=1S/C23H27.2ClH.Zr/c1-4-6-8-18-15-21-9-7-10-22(23(21)16-18)20-13-11-19(12-14-20)17(3)5-2;;;/h7,9-17H,4-6,8H2,1-3H3;2*1H;/q;;;+2/p-2. The van der Waals surface area contributed by atoms with E-state index in [0.29, 0.717) is 9.54 Å². The molecule has 1 aliphatic carbocycles. The molecule has 26 heavy (non-hydrogen) atoms. The third-order valence-electron chi connectivity index (χ3n) is 5.37. The van der Waals surface area contributed by atoms with Gasteiger partial charge in [-0.3, -0.25) is 0 Å². The van der Waals surface area contributed by atoms with Crippen LogP contribution in [0.1, 0.15) is 72.7 Å². The van der Waals surface area contributed by atoms with Gasteiger partial charge in [-0.05, 0) is 0 Å². The monoisotopic (exact) mass is 463 g/mol. The summed E-state index contributed by atoms with van der Waals surface area (Å²) in [7, 11) is 0. The molecule has 0 aromatic heterocycles. The number of allylic oxidation sites excluding steroid dienone is 1. The van der Waals surface area contributed by atoms with E-state index in [1.54, 1.807) is 35.9 Å². The molecular weight excluding hydrogens is 438 g/mol. The van der Waals surface area contributed by atoms with E-state index in [2.05, 4.69) is 69.3 Å². The molecular formula is C23H27Cl2Zr. The first-order valence-electron chi connectivity index (χ1n) is 9.30. The van der Waals surface area contributed by atoms with Crippen molar-refractivity contribution in [3.8, 4) is 11.1 Å². The molecule has 1 aliphatic rings. The van der Waals surface area contributed by atoms with Gasteiger partial charge in [-0.1, -0.05) is 0 Å². The Bertz CT molecular complexity index is 734. The summed E-state index contributed by atoms with van der Waals surface area (Å²) in [5.74, 6) is 0.644. The van der Waals surface area contributed by atoms with Gasteiger partial charge in [0.25, 0.3) is 0 Å². The maximum absolute atomic E-state index is 2.49. The SMILES string of the molecule is CCCCC1=Cc2c(-c3ccc(C(C)CC)cc3)cccc2[CH]1[Zr+2].[Cl-].[Cl-]. The molecule has 0 spiro atoms. The number of rotatable bonds is 6. The van der Waals surface area contributed by atoms with E-state index in [1.165, 1.54) is 47.9 Å². The van der Waals surface area contributed by atoms with Gasteiger partial charge in [-0.15, -0.1) is 0 Å². The Morgan fingerprint density at radius 3 is 2.31 bits per heavy atom. The molecule has 3 heteroatoms. The summed E-state index contributed by atoms with van der Waals surface area (Å²) >= 11 is 1.62. The third kappa shape index (κ3) is 4.92. The first kappa shape index (κ1) is 23.7. The van der Waals surface area contributed by atoms with Crippen molar-refractivity contribution in [2.24, 2.45) is 0 Å². The van der Waals surface area contributed by atoms with Crippen molar-refractivity contribution in [3.05, 3.63) is 64.7 Å². The quantitative estimate of drug-likeness (QED) is 0.599. The Labute approximate surface area is 186 Å². The Morgan fingerprint density at radius 1 is 1.00 bits per heavy atom. The number of halogens is 2. The van der Waals surface area contributed by atoms with Crippen LogP contribution in [0.15, 0.2) is 48.0 Å². The van der Waals surface area contributed by atoms with Crippen molar-refractivity contribution < 1.29 is 49.5 Å². The second-order valence-electron chi connectivity index (χ2n) is 7.00. The molecule has 0 saturated carbocycles. The van der Waals surface area contributed by atoms with Crippen molar-refractivity contribution in [2.75, 3.05) is 0 Å². The molecule has 0 aliphatic heterocycles. The predicted octanol–water partition coefficient (Wildman–Crippen LogP) is 1.05. The Balaban J connectivity index is 0.00000169. The fraction of sp³-hybridized carbons (Fsp3) is 0.391. The largest absolute Gasteiger partial charge is 1.00 e. The molecule has 137 valence electrons. The van der Waals surface area contributed by atoms with Crippen LogP contribution in [0.2, 0.25) is 0 Å². The van der Waals surface area contributed by atoms with Gasteiger partial charge < -0.3 is 24.8 Å². The second-order valence-corrected chi connectivity index (χ2v) is 8.41. The summed E-state index contributed by atoms with van der Waals surface area (Å²) in [6.07, 6.45) is 7.53. The summed E-state index contributed by atoms with van der Waals surface area (Å²) in [4.78, 5) is 0. The fourth-order valence-corrected chi connectivity index (χ4v) is 4.72. The van der Waals surface area contributed by atoms with Gasteiger partial charge in [0.05, 0.1) is 0 Å². The topological polar surface area (TPSA) is 0 Å². The van der Waals surface area contributed by atoms with E-state index >= 15 is 0 Å². The van der Waals surface area contributed by atoms with Gasteiger partial charge in [0, 0.05) is 0 Å². The maximum Gasteiger partial charge on any atom is -1.00 e. The number of hydrogen-bond acceptors (Lipinski definition) is 0. The minimum Gasteiger partial charge on any atom is -1.00 e. The van der Waals surface area contributed by atoms with Crippen LogP contribution < -0.4 is 24.8 Å². The summed E-state index contributed by atoms with van der Waals surface area (Å²) in [6.45, 7) is 6.85. The van der Waals surface area contributed by atoms with Crippen LogP contribution in [0.25, 0.3) is 17.2 Å². The van der Waals surface area contributed by atoms with Crippen LogP contribution in [0.4, 0.5) is 0 Å². The maximum atomic E-state index is 2.49. The smallest absolute Gasteiger partial charge is 1.00 e. The number of hydrogen-bond donors (Lipinski definition) is 0. The van der Waals surface area contributed by atoms with Crippen LogP contribution >= 0.6 is 0 Å². The molecule has 2 aromatic carbocycles. The summed E-state index contributed by atoms with van der Waals surface area (Å²) in [5, 5.41) is 0. The third-order valence-corrected chi connectivity index (χ3v) is 7.05. The average molecular weight is 466 g/mol. The van der Waals surface area contributed by atoms with E-state index in [9.17, 15) is 0 Å². The zero-order valence-electron chi connectivity index (χ0n) is 15.9. The Morgan fingerprint density at radius 2 is 1.69 bits per heavy atom.